The minimum Gasteiger partial charge on any atom is -0.504 e. The molecule has 3 aromatic heterocycles. The molecule has 11 atom stereocenters. The van der Waals surface area contributed by atoms with Crippen LogP contribution in [0.3, 0.4) is 0 Å². The average Bonchev–Trinajstić information content (AvgIpc) is 4.21. The van der Waals surface area contributed by atoms with E-state index in [4.69, 9.17) is 14.9 Å². The number of aliphatic hydroxyl groups excluding tert-OH is 5. The van der Waals surface area contributed by atoms with Gasteiger partial charge in [-0.05, 0) is 164 Å². The lowest BCUT2D eigenvalue weighted by Gasteiger charge is -2.41. The fraction of sp³-hybridized carbons (Fsp3) is 0.533. The van der Waals surface area contributed by atoms with Gasteiger partial charge < -0.3 is 60.8 Å². The molecule has 0 saturated heterocycles. The van der Waals surface area contributed by atoms with Gasteiger partial charge in [-0.2, -0.15) is 0 Å². The fourth-order valence-electron chi connectivity index (χ4n) is 13.6. The second kappa shape index (κ2) is 22.7. The number of aromatic nitrogens is 2. The van der Waals surface area contributed by atoms with Crippen LogP contribution in [-0.2, 0) is 32.3 Å². The summed E-state index contributed by atoms with van der Waals surface area (Å²) < 4.78 is 12.5. The van der Waals surface area contributed by atoms with Gasteiger partial charge in [0.15, 0.2) is 11.5 Å². The summed E-state index contributed by atoms with van der Waals surface area (Å²) in [5, 5.41) is 71.4. The monoisotopic (exact) mass is 983 g/mol. The summed E-state index contributed by atoms with van der Waals surface area (Å²) in [5.41, 5.74) is 15.0. The number of phenolic OH excluding ortho intramolecular Hbond substituents is 1. The smallest absolute Gasteiger partial charge is 0.161 e. The van der Waals surface area contributed by atoms with Crippen LogP contribution < -0.4 is 15.8 Å². The van der Waals surface area contributed by atoms with Crippen molar-refractivity contribution in [1.29, 1.82) is 0 Å². The van der Waals surface area contributed by atoms with Crippen LogP contribution >= 0.6 is 0 Å². The highest BCUT2D eigenvalue weighted by Crippen LogP contribution is 2.50. The zero-order chi connectivity index (χ0) is 49.9. The van der Waals surface area contributed by atoms with Gasteiger partial charge in [-0.15, -0.1) is 0 Å². The lowest BCUT2D eigenvalue weighted by molar-refractivity contribution is 0.0653. The number of nitrogens with two attached hydrogens (primary N) is 1. The van der Waals surface area contributed by atoms with Gasteiger partial charge in [-0.3, -0.25) is 0 Å². The molecule has 0 radical (unpaired) electrons. The maximum Gasteiger partial charge on any atom is 0.161 e. The number of aryl methyl sites for hydroxylation is 4. The van der Waals surface area contributed by atoms with Crippen molar-refractivity contribution in [2.75, 3.05) is 19.8 Å². The number of phenols is 1. The quantitative estimate of drug-likeness (QED) is 0.0308. The van der Waals surface area contributed by atoms with Crippen LogP contribution in [0.5, 0.6) is 11.5 Å². The number of hydrogen-bond donors (Lipinski definition) is 10. The molecule has 6 aromatic rings. The number of furan rings is 1. The Balaban J connectivity index is 0.697. The Morgan fingerprint density at radius 1 is 0.889 bits per heavy atom. The molecule has 0 unspecified atom stereocenters. The number of hydrogen-bond acceptors (Lipinski definition) is 10. The van der Waals surface area contributed by atoms with Crippen molar-refractivity contribution in [3.8, 4) is 11.5 Å². The van der Waals surface area contributed by atoms with Gasteiger partial charge >= 0.3 is 0 Å². The van der Waals surface area contributed by atoms with E-state index in [1.54, 1.807) is 13.0 Å². The van der Waals surface area contributed by atoms with Gasteiger partial charge in [0.2, 0.25) is 0 Å². The van der Waals surface area contributed by atoms with E-state index in [0.717, 1.165) is 116 Å². The Morgan fingerprint density at radius 2 is 1.78 bits per heavy atom. The van der Waals surface area contributed by atoms with Crippen molar-refractivity contribution in [2.45, 2.75) is 153 Å². The number of unbranched alkanes of at least 4 members (excludes halogenated alkanes) is 1. The Labute approximate surface area is 424 Å². The molecule has 2 saturated carbocycles. The van der Waals surface area contributed by atoms with Crippen molar-refractivity contribution in [1.82, 2.24) is 15.3 Å². The second-order valence-corrected chi connectivity index (χ2v) is 22.1. The van der Waals surface area contributed by atoms with E-state index in [-0.39, 0.29) is 55.4 Å². The number of aromatic hydroxyl groups is 1. The van der Waals surface area contributed by atoms with E-state index in [2.05, 4.69) is 63.8 Å². The summed E-state index contributed by atoms with van der Waals surface area (Å²) in [6.07, 6.45) is 19.7. The summed E-state index contributed by atoms with van der Waals surface area (Å²) in [6.45, 7) is 2.29. The number of aliphatic hydroxyl groups is 5. The molecule has 0 aliphatic heterocycles. The third kappa shape index (κ3) is 11.0. The topological polar surface area (TPSA) is 213 Å². The highest BCUT2D eigenvalue weighted by atomic mass is 16.5. The van der Waals surface area contributed by atoms with E-state index in [1.807, 2.05) is 24.4 Å². The molecule has 4 aliphatic carbocycles. The molecular weight excluding hydrogens is 905 g/mol. The third-order valence-corrected chi connectivity index (χ3v) is 17.4. The lowest BCUT2D eigenvalue weighted by Crippen LogP contribution is -2.42. The second-order valence-electron chi connectivity index (χ2n) is 22.1. The van der Waals surface area contributed by atoms with Gasteiger partial charge in [-0.25, -0.2) is 0 Å². The van der Waals surface area contributed by atoms with Gasteiger partial charge in [0.25, 0.3) is 0 Å². The fourth-order valence-corrected chi connectivity index (χ4v) is 13.6. The van der Waals surface area contributed by atoms with Gasteiger partial charge in [0.05, 0.1) is 18.8 Å². The molecule has 11 N–H and O–H groups in total. The maximum absolute atomic E-state index is 11.7. The van der Waals surface area contributed by atoms with Crippen LogP contribution in [0.25, 0.3) is 27.8 Å². The molecule has 386 valence electrons. The Kier molecular flexibility index (Phi) is 15.9. The Morgan fingerprint density at radius 3 is 2.61 bits per heavy atom. The van der Waals surface area contributed by atoms with Crippen LogP contribution in [0.4, 0.5) is 0 Å². The average molecular weight is 983 g/mol. The SMILES string of the molecule is C[C@H](O)CN[C@H](CCCO)[C@@H]1c2cc([C@@H](O)COc3cc(CCc4cc(CO)c(CCCC[C@@H]5CC[C@@H]([C@H]6C=Cc7c(ccc8cc9[nH]ccc9cc78)[C@@H]6O)[C@H](N)C5)o4)ccc3O)[nH]c2CC[C@H]2CCC[C@@H]21. The van der Waals surface area contributed by atoms with Crippen LogP contribution in [-0.4, -0.2) is 78.6 Å². The molecular formula is C60H78N4O8. The van der Waals surface area contributed by atoms with Crippen molar-refractivity contribution in [2.24, 2.45) is 35.3 Å². The van der Waals surface area contributed by atoms with Gasteiger partial charge in [0.1, 0.15) is 24.2 Å². The summed E-state index contributed by atoms with van der Waals surface area (Å²) in [4.78, 5) is 6.88. The molecule has 0 bridgehead atoms. The lowest BCUT2D eigenvalue weighted by atomic mass is 9.67. The molecule has 72 heavy (non-hydrogen) atoms. The predicted octanol–water partition coefficient (Wildman–Crippen LogP) is 9.73. The van der Waals surface area contributed by atoms with E-state index in [0.29, 0.717) is 55.0 Å². The first-order valence-electron chi connectivity index (χ1n) is 27.3. The third-order valence-electron chi connectivity index (χ3n) is 17.4. The summed E-state index contributed by atoms with van der Waals surface area (Å²) in [6, 6.07) is 20.3. The zero-order valence-corrected chi connectivity index (χ0v) is 42.1. The number of ether oxygens (including phenoxy) is 1. The largest absolute Gasteiger partial charge is 0.504 e. The predicted molar refractivity (Wildman–Crippen MR) is 283 cm³/mol. The molecule has 10 rings (SSSR count). The maximum atomic E-state index is 11.7. The number of rotatable bonds is 21. The van der Waals surface area contributed by atoms with Crippen molar-refractivity contribution in [3.05, 3.63) is 124 Å². The van der Waals surface area contributed by atoms with Crippen LogP contribution in [0, 0.1) is 29.6 Å². The van der Waals surface area contributed by atoms with Crippen LogP contribution in [0.2, 0.25) is 0 Å². The number of fused-ring (bicyclic) bond motifs is 6. The molecule has 4 aliphatic rings. The zero-order valence-electron chi connectivity index (χ0n) is 42.1. The molecule has 12 nitrogen and oxygen atoms in total. The van der Waals surface area contributed by atoms with Crippen molar-refractivity contribution >= 4 is 27.8 Å². The molecule has 0 amide bonds. The standard InChI is InChI=1S/C60H78N4O8/c1-35(67)32-63-52(9-5-25-65)59-43-8-4-7-38(43)15-21-51-49(59)31-54(64-51)56(69)34-71-58-27-37(13-22-55(58)68)11-16-42-28-41(33-66)57(72-42)10-3-2-6-36-12-17-45(50(61)26-36)47-20-19-44-46(60(47)70)18-14-39-30-53-40(23-24-62-53)29-48(39)44/h13-14,18-20,22-24,27-31,35-36,38,43,45,47,50,52,56,59-60,62-70H,2-12,15-17,21,25-26,32-34,61H2,1H3/t35-,36+,38+,43-,45-,47+,50+,52+,56-,59-,60-/m0/s1. The van der Waals surface area contributed by atoms with Crippen molar-refractivity contribution < 1.29 is 39.8 Å². The Bertz CT molecular complexity index is 2790. The molecule has 0 spiro atoms. The molecule has 12 heteroatoms. The highest BCUT2D eigenvalue weighted by Gasteiger charge is 2.42. The summed E-state index contributed by atoms with van der Waals surface area (Å²) in [7, 11) is 0. The number of H-pyrrole nitrogens is 2. The van der Waals surface area contributed by atoms with E-state index < -0.39 is 18.3 Å². The number of nitrogens with one attached hydrogen (secondary N) is 3. The van der Waals surface area contributed by atoms with E-state index in [9.17, 15) is 30.6 Å². The summed E-state index contributed by atoms with van der Waals surface area (Å²) >= 11 is 0. The normalized spacial score (nSPS) is 25.3. The minimum atomic E-state index is -0.940. The number of benzene rings is 3. The molecule has 3 heterocycles. The highest BCUT2D eigenvalue weighted by molar-refractivity contribution is 6.01. The van der Waals surface area contributed by atoms with Gasteiger partial charge in [-0.1, -0.05) is 62.5 Å². The number of aromatic amines is 2. The van der Waals surface area contributed by atoms with Gasteiger partial charge in [0, 0.05) is 84.0 Å². The molecule has 3 aromatic carbocycles. The molecule has 2 fully saturated rings. The minimum absolute atomic E-state index is 0.00440. The van der Waals surface area contributed by atoms with E-state index >= 15 is 0 Å². The van der Waals surface area contributed by atoms with Crippen LogP contribution in [0.1, 0.15) is 153 Å². The van der Waals surface area contributed by atoms with Crippen molar-refractivity contribution in [3.63, 3.8) is 0 Å². The first-order valence-corrected chi connectivity index (χ1v) is 27.3. The van der Waals surface area contributed by atoms with Crippen LogP contribution in [0.15, 0.2) is 77.4 Å². The Hall–Kier alpha value is -4.92. The first kappa shape index (κ1) is 50.6. The first-order chi connectivity index (χ1) is 35.0. The van der Waals surface area contributed by atoms with E-state index in [1.165, 1.54) is 34.6 Å². The summed E-state index contributed by atoms with van der Waals surface area (Å²) in [5.74, 6) is 4.11.